The van der Waals surface area contributed by atoms with Crippen LogP contribution in [0, 0.1) is 19.7 Å². The monoisotopic (exact) mass is 486 g/mol. The van der Waals surface area contributed by atoms with Crippen LogP contribution in [0.25, 0.3) is 17.2 Å². The molecule has 0 saturated heterocycles. The molecule has 0 fully saturated rings. The van der Waals surface area contributed by atoms with Crippen molar-refractivity contribution < 1.29 is 9.50 Å². The third kappa shape index (κ3) is 5.49. The summed E-state index contributed by atoms with van der Waals surface area (Å²) >= 11 is 0. The Kier molecular flexibility index (Phi) is 8.95. The molecule has 0 radical (unpaired) electrons. The highest BCUT2D eigenvalue weighted by Gasteiger charge is 2.31. The third-order valence-electron chi connectivity index (χ3n) is 8.35. The summed E-state index contributed by atoms with van der Waals surface area (Å²) in [5.74, 6) is -0.129. The van der Waals surface area contributed by atoms with Crippen molar-refractivity contribution in [1.29, 1.82) is 0 Å². The Bertz CT molecular complexity index is 1210. The van der Waals surface area contributed by atoms with Crippen LogP contribution in [0.5, 0.6) is 0 Å². The summed E-state index contributed by atoms with van der Waals surface area (Å²) in [6.07, 6.45) is 8.09. The van der Waals surface area contributed by atoms with Crippen LogP contribution in [0.15, 0.2) is 60.7 Å². The number of aryl methyl sites for hydroxylation is 3. The molecule has 2 heteroatoms. The first-order valence-corrected chi connectivity index (χ1v) is 13.6. The quantitative estimate of drug-likeness (QED) is 0.303. The Morgan fingerprint density at radius 1 is 0.750 bits per heavy atom. The van der Waals surface area contributed by atoms with E-state index in [-0.39, 0.29) is 11.2 Å². The molecule has 1 nitrogen and oxygen atoms in total. The molecule has 3 aromatic carbocycles. The smallest absolute Gasteiger partial charge is 0.127 e. The Hall–Kier alpha value is -2.71. The predicted octanol–water partition coefficient (Wildman–Crippen LogP) is 9.34. The molecule has 0 unspecified atom stereocenters. The van der Waals surface area contributed by atoms with Gasteiger partial charge in [-0.15, -0.1) is 0 Å². The van der Waals surface area contributed by atoms with E-state index in [0.29, 0.717) is 19.3 Å². The van der Waals surface area contributed by atoms with Crippen molar-refractivity contribution in [2.75, 3.05) is 0 Å². The molecule has 0 heterocycles. The van der Waals surface area contributed by atoms with Gasteiger partial charge < -0.3 is 5.11 Å². The zero-order chi connectivity index (χ0) is 26.5. The van der Waals surface area contributed by atoms with E-state index in [1.54, 1.807) is 6.07 Å². The summed E-state index contributed by atoms with van der Waals surface area (Å²) in [6.45, 7) is 14.8. The first-order valence-electron chi connectivity index (χ1n) is 13.6. The largest absolute Gasteiger partial charge is 0.386 e. The van der Waals surface area contributed by atoms with Gasteiger partial charge in [0.25, 0.3) is 0 Å². The Morgan fingerprint density at radius 3 is 1.86 bits per heavy atom. The SMILES string of the molecule is CCc1ccc(-c2ccc(C(CC)(CC)c3ccc(/C=C/C(O)(CC)CC)c(C)c3)cc2C)cc1F. The summed E-state index contributed by atoms with van der Waals surface area (Å²) in [5.41, 5.74) is 8.05. The number of rotatable bonds is 10. The van der Waals surface area contributed by atoms with Gasteiger partial charge in [0, 0.05) is 5.41 Å². The van der Waals surface area contributed by atoms with E-state index in [2.05, 4.69) is 70.2 Å². The number of halogens is 1. The number of hydrogen-bond acceptors (Lipinski definition) is 1. The summed E-state index contributed by atoms with van der Waals surface area (Å²) in [5, 5.41) is 10.7. The molecule has 0 atom stereocenters. The number of aliphatic hydroxyl groups is 1. The van der Waals surface area contributed by atoms with Gasteiger partial charge in [-0.3, -0.25) is 0 Å². The normalized spacial score (nSPS) is 12.5. The first kappa shape index (κ1) is 27.9. The fourth-order valence-corrected chi connectivity index (χ4v) is 5.41. The van der Waals surface area contributed by atoms with Gasteiger partial charge in [-0.1, -0.05) is 95.3 Å². The summed E-state index contributed by atoms with van der Waals surface area (Å²) < 4.78 is 14.5. The lowest BCUT2D eigenvalue weighted by Crippen LogP contribution is -2.26. The number of hydrogen-bond donors (Lipinski definition) is 1. The van der Waals surface area contributed by atoms with Crippen molar-refractivity contribution in [1.82, 2.24) is 0 Å². The fraction of sp³-hybridized carbons (Fsp3) is 0.412. The topological polar surface area (TPSA) is 20.2 Å². The lowest BCUT2D eigenvalue weighted by molar-refractivity contribution is 0.0836. The molecule has 3 rings (SSSR count). The molecule has 36 heavy (non-hydrogen) atoms. The highest BCUT2D eigenvalue weighted by molar-refractivity contribution is 5.69. The lowest BCUT2D eigenvalue weighted by Gasteiger charge is -2.34. The van der Waals surface area contributed by atoms with E-state index >= 15 is 0 Å². The van der Waals surface area contributed by atoms with Crippen LogP contribution in [0.2, 0.25) is 0 Å². The molecule has 0 aromatic heterocycles. The molecule has 0 amide bonds. The second kappa shape index (κ2) is 11.6. The van der Waals surface area contributed by atoms with Gasteiger partial charge in [-0.25, -0.2) is 4.39 Å². The standard InChI is InChI=1S/C34H43FO/c1-8-26-13-14-28(23-32(26)35)31-18-17-30(22-25(31)7)34(11-4,12-5)29-16-15-27(24(6)21-29)19-20-33(36,9-2)10-3/h13-23,36H,8-12H2,1-7H3/b20-19+. The predicted molar refractivity (Wildman–Crippen MR) is 153 cm³/mol. The maximum atomic E-state index is 14.5. The van der Waals surface area contributed by atoms with Gasteiger partial charge >= 0.3 is 0 Å². The first-order chi connectivity index (χ1) is 17.2. The summed E-state index contributed by atoms with van der Waals surface area (Å²) in [7, 11) is 0. The molecule has 0 saturated carbocycles. The highest BCUT2D eigenvalue weighted by atomic mass is 19.1. The Labute approximate surface area is 218 Å². The van der Waals surface area contributed by atoms with E-state index in [1.807, 2.05) is 39.0 Å². The van der Waals surface area contributed by atoms with E-state index < -0.39 is 5.60 Å². The molecule has 0 aliphatic heterocycles. The maximum Gasteiger partial charge on any atom is 0.127 e. The van der Waals surface area contributed by atoms with Crippen LogP contribution >= 0.6 is 0 Å². The van der Waals surface area contributed by atoms with Gasteiger partial charge in [-0.05, 0) is 96.5 Å². The zero-order valence-corrected chi connectivity index (χ0v) is 23.2. The van der Waals surface area contributed by atoms with Gasteiger partial charge in [-0.2, -0.15) is 0 Å². The molecule has 3 aromatic rings. The average molecular weight is 487 g/mol. The van der Waals surface area contributed by atoms with Crippen molar-refractivity contribution in [2.24, 2.45) is 0 Å². The van der Waals surface area contributed by atoms with Gasteiger partial charge in [0.15, 0.2) is 0 Å². The van der Waals surface area contributed by atoms with E-state index in [1.165, 1.54) is 16.7 Å². The minimum Gasteiger partial charge on any atom is -0.386 e. The molecule has 1 N–H and O–H groups in total. The van der Waals surface area contributed by atoms with Crippen LogP contribution in [-0.4, -0.2) is 10.7 Å². The van der Waals surface area contributed by atoms with Crippen molar-refractivity contribution >= 4 is 6.08 Å². The Morgan fingerprint density at radius 2 is 1.36 bits per heavy atom. The molecule has 0 bridgehead atoms. The summed E-state index contributed by atoms with van der Waals surface area (Å²) in [4.78, 5) is 0. The van der Waals surface area contributed by atoms with Gasteiger partial charge in [0.05, 0.1) is 5.60 Å². The molecular formula is C34H43FO. The van der Waals surface area contributed by atoms with Crippen LogP contribution < -0.4 is 0 Å². The van der Waals surface area contributed by atoms with Crippen LogP contribution in [-0.2, 0) is 11.8 Å². The molecule has 0 aliphatic carbocycles. The van der Waals surface area contributed by atoms with E-state index in [0.717, 1.165) is 40.7 Å². The van der Waals surface area contributed by atoms with Gasteiger partial charge in [0.2, 0.25) is 0 Å². The molecule has 0 spiro atoms. The van der Waals surface area contributed by atoms with Crippen LogP contribution in [0.3, 0.4) is 0 Å². The van der Waals surface area contributed by atoms with Crippen molar-refractivity contribution in [2.45, 2.75) is 91.6 Å². The summed E-state index contributed by atoms with van der Waals surface area (Å²) in [6, 6.07) is 19.0. The van der Waals surface area contributed by atoms with Crippen LogP contribution in [0.1, 0.15) is 93.7 Å². The maximum absolute atomic E-state index is 14.5. The van der Waals surface area contributed by atoms with E-state index in [4.69, 9.17) is 0 Å². The molecular weight excluding hydrogens is 443 g/mol. The fourth-order valence-electron chi connectivity index (χ4n) is 5.41. The molecule has 0 aliphatic rings. The second-order valence-electron chi connectivity index (χ2n) is 10.2. The Balaban J connectivity index is 2.01. The lowest BCUT2D eigenvalue weighted by atomic mass is 9.69. The number of benzene rings is 3. The van der Waals surface area contributed by atoms with E-state index in [9.17, 15) is 9.50 Å². The minimum atomic E-state index is -0.749. The van der Waals surface area contributed by atoms with Crippen molar-refractivity contribution in [3.8, 4) is 11.1 Å². The van der Waals surface area contributed by atoms with Crippen molar-refractivity contribution in [3.63, 3.8) is 0 Å². The zero-order valence-electron chi connectivity index (χ0n) is 23.2. The minimum absolute atomic E-state index is 0.0960. The third-order valence-corrected chi connectivity index (χ3v) is 8.35. The second-order valence-corrected chi connectivity index (χ2v) is 10.2. The highest BCUT2D eigenvalue weighted by Crippen LogP contribution is 2.41. The van der Waals surface area contributed by atoms with Crippen LogP contribution in [0.4, 0.5) is 4.39 Å². The average Bonchev–Trinajstić information content (AvgIpc) is 2.89. The van der Waals surface area contributed by atoms with Gasteiger partial charge in [0.1, 0.15) is 5.82 Å². The van der Waals surface area contributed by atoms with Crippen molar-refractivity contribution in [3.05, 3.63) is 99.9 Å². The molecule has 192 valence electrons.